The summed E-state index contributed by atoms with van der Waals surface area (Å²) in [5, 5.41) is 0.411. The number of amides is 2. The topological polar surface area (TPSA) is 103 Å². The summed E-state index contributed by atoms with van der Waals surface area (Å²) < 4.78 is 4.84. The summed E-state index contributed by atoms with van der Waals surface area (Å²) in [6, 6.07) is 9.02. The number of aromatic nitrogens is 1. The number of carbonyl (C=O) groups excluding carboxylic acids is 4. The predicted octanol–water partition coefficient (Wildman–Crippen LogP) is 1.56. The molecule has 0 spiro atoms. The van der Waals surface area contributed by atoms with E-state index >= 15 is 0 Å². The number of imide groups is 1. The molecule has 1 aromatic carbocycles. The first-order chi connectivity index (χ1) is 12.5. The number of pyridine rings is 1. The van der Waals surface area contributed by atoms with Crippen LogP contribution < -0.4 is 0 Å². The van der Waals surface area contributed by atoms with Gasteiger partial charge in [-0.25, -0.2) is 4.79 Å². The SMILES string of the molecule is CCOC(=O)Cc1ncccc1C(=O)ON1C(=O)c2ccccc2C1=O. The van der Waals surface area contributed by atoms with Crippen LogP contribution in [0.15, 0.2) is 42.6 Å². The average molecular weight is 354 g/mol. The Morgan fingerprint density at radius 2 is 1.69 bits per heavy atom. The quantitative estimate of drug-likeness (QED) is 0.593. The number of benzene rings is 1. The van der Waals surface area contributed by atoms with Gasteiger partial charge >= 0.3 is 11.9 Å². The van der Waals surface area contributed by atoms with Crippen molar-refractivity contribution in [2.75, 3.05) is 6.61 Å². The van der Waals surface area contributed by atoms with Gasteiger partial charge in [0.2, 0.25) is 0 Å². The van der Waals surface area contributed by atoms with Crippen LogP contribution in [0.1, 0.15) is 43.7 Å². The van der Waals surface area contributed by atoms with Gasteiger partial charge in [-0.2, -0.15) is 0 Å². The lowest BCUT2D eigenvalue weighted by Crippen LogP contribution is -2.33. The van der Waals surface area contributed by atoms with Crippen molar-refractivity contribution in [1.29, 1.82) is 0 Å². The number of hydrogen-bond acceptors (Lipinski definition) is 7. The highest BCUT2D eigenvalue weighted by Gasteiger charge is 2.39. The number of carbonyl (C=O) groups is 4. The van der Waals surface area contributed by atoms with Crippen molar-refractivity contribution < 1.29 is 28.8 Å². The van der Waals surface area contributed by atoms with Crippen LogP contribution >= 0.6 is 0 Å². The van der Waals surface area contributed by atoms with Crippen molar-refractivity contribution in [1.82, 2.24) is 10.0 Å². The molecule has 26 heavy (non-hydrogen) atoms. The standard InChI is InChI=1S/C18H14N2O6/c1-2-25-15(21)10-14-13(8-5-9-19-14)18(24)26-20-16(22)11-6-3-4-7-12(11)17(20)23/h3-9H,2,10H2,1H3. The summed E-state index contributed by atoms with van der Waals surface area (Å²) in [6.45, 7) is 1.86. The molecule has 1 aliphatic heterocycles. The molecule has 0 bridgehead atoms. The van der Waals surface area contributed by atoms with E-state index in [0.29, 0.717) is 5.06 Å². The van der Waals surface area contributed by atoms with E-state index in [9.17, 15) is 19.2 Å². The molecule has 8 nitrogen and oxygen atoms in total. The Labute approximate surface area is 148 Å². The van der Waals surface area contributed by atoms with Gasteiger partial charge in [0, 0.05) is 6.20 Å². The zero-order chi connectivity index (χ0) is 18.7. The summed E-state index contributed by atoms with van der Waals surface area (Å²) in [7, 11) is 0. The van der Waals surface area contributed by atoms with E-state index in [-0.39, 0.29) is 35.4 Å². The number of hydroxylamine groups is 2. The lowest BCUT2D eigenvalue weighted by Gasteiger charge is -2.14. The van der Waals surface area contributed by atoms with Crippen LogP contribution in [0.2, 0.25) is 0 Å². The molecule has 0 aliphatic carbocycles. The summed E-state index contributed by atoms with van der Waals surface area (Å²) in [6.07, 6.45) is 1.18. The molecular formula is C18H14N2O6. The first-order valence-electron chi connectivity index (χ1n) is 7.82. The van der Waals surface area contributed by atoms with Gasteiger partial charge in [-0.15, -0.1) is 0 Å². The zero-order valence-electron chi connectivity index (χ0n) is 13.8. The van der Waals surface area contributed by atoms with Crippen LogP contribution in [0.5, 0.6) is 0 Å². The van der Waals surface area contributed by atoms with E-state index in [1.165, 1.54) is 30.5 Å². The van der Waals surface area contributed by atoms with Gasteiger partial charge in [-0.1, -0.05) is 17.2 Å². The highest BCUT2D eigenvalue weighted by molar-refractivity contribution is 6.21. The van der Waals surface area contributed by atoms with Crippen molar-refractivity contribution >= 4 is 23.8 Å². The molecule has 1 aliphatic rings. The van der Waals surface area contributed by atoms with E-state index in [0.717, 1.165) is 0 Å². The fraction of sp³-hybridized carbons (Fsp3) is 0.167. The lowest BCUT2D eigenvalue weighted by molar-refractivity contribution is -0.142. The molecule has 2 heterocycles. The van der Waals surface area contributed by atoms with E-state index in [1.807, 2.05) is 0 Å². The molecule has 3 rings (SSSR count). The minimum Gasteiger partial charge on any atom is -0.466 e. The van der Waals surface area contributed by atoms with Gasteiger partial charge in [0.05, 0.1) is 35.4 Å². The van der Waals surface area contributed by atoms with Gasteiger partial charge in [0.1, 0.15) is 0 Å². The molecule has 2 amide bonds. The van der Waals surface area contributed by atoms with Crippen LogP contribution in [0, 0.1) is 0 Å². The van der Waals surface area contributed by atoms with Gasteiger partial charge in [-0.05, 0) is 31.2 Å². The van der Waals surface area contributed by atoms with E-state index in [2.05, 4.69) is 4.98 Å². The van der Waals surface area contributed by atoms with E-state index in [1.54, 1.807) is 19.1 Å². The number of esters is 1. The largest absolute Gasteiger partial charge is 0.466 e. The molecule has 0 saturated carbocycles. The predicted molar refractivity (Wildman–Crippen MR) is 86.9 cm³/mol. The van der Waals surface area contributed by atoms with E-state index < -0.39 is 23.8 Å². The Morgan fingerprint density at radius 1 is 1.04 bits per heavy atom. The molecule has 132 valence electrons. The second kappa shape index (κ2) is 7.14. The summed E-state index contributed by atoms with van der Waals surface area (Å²) >= 11 is 0. The number of hydrogen-bond donors (Lipinski definition) is 0. The van der Waals surface area contributed by atoms with Crippen molar-refractivity contribution in [2.45, 2.75) is 13.3 Å². The Hall–Kier alpha value is -3.55. The molecule has 0 N–H and O–H groups in total. The van der Waals surface area contributed by atoms with Crippen LogP contribution in [0.25, 0.3) is 0 Å². The highest BCUT2D eigenvalue weighted by atomic mass is 16.7. The Kier molecular flexibility index (Phi) is 4.74. The molecular weight excluding hydrogens is 340 g/mol. The third-order valence-corrected chi connectivity index (χ3v) is 3.66. The smallest absolute Gasteiger partial charge is 0.365 e. The number of fused-ring (bicyclic) bond motifs is 1. The second-order valence-electron chi connectivity index (χ2n) is 5.31. The Bertz CT molecular complexity index is 873. The monoisotopic (exact) mass is 354 g/mol. The zero-order valence-corrected chi connectivity index (χ0v) is 13.8. The van der Waals surface area contributed by atoms with Gasteiger partial charge in [0.15, 0.2) is 0 Å². The van der Waals surface area contributed by atoms with Crippen molar-refractivity contribution in [3.63, 3.8) is 0 Å². The average Bonchev–Trinajstić information content (AvgIpc) is 2.87. The fourth-order valence-corrected chi connectivity index (χ4v) is 2.50. The molecule has 0 saturated heterocycles. The first-order valence-corrected chi connectivity index (χ1v) is 7.82. The van der Waals surface area contributed by atoms with Crippen LogP contribution in [-0.2, 0) is 20.8 Å². The van der Waals surface area contributed by atoms with Crippen LogP contribution in [-0.4, -0.2) is 40.4 Å². The molecule has 8 heteroatoms. The minimum absolute atomic E-state index is 0.0305. The minimum atomic E-state index is -0.966. The number of nitrogens with zero attached hydrogens (tertiary/aromatic N) is 2. The Morgan fingerprint density at radius 3 is 2.31 bits per heavy atom. The summed E-state index contributed by atoms with van der Waals surface area (Å²) in [5.74, 6) is -2.97. The van der Waals surface area contributed by atoms with Gasteiger partial charge in [-0.3, -0.25) is 19.4 Å². The van der Waals surface area contributed by atoms with Crippen molar-refractivity contribution in [3.05, 3.63) is 65.0 Å². The summed E-state index contributed by atoms with van der Waals surface area (Å²) in [5.41, 5.74) is 0.413. The molecule has 1 aromatic heterocycles. The first kappa shape index (κ1) is 17.3. The van der Waals surface area contributed by atoms with Gasteiger partial charge in [0.25, 0.3) is 11.8 Å². The fourth-order valence-electron chi connectivity index (χ4n) is 2.50. The maximum atomic E-state index is 12.4. The van der Waals surface area contributed by atoms with Crippen LogP contribution in [0.4, 0.5) is 0 Å². The summed E-state index contributed by atoms with van der Waals surface area (Å²) in [4.78, 5) is 57.6. The molecule has 0 unspecified atom stereocenters. The van der Waals surface area contributed by atoms with Crippen molar-refractivity contribution in [3.8, 4) is 0 Å². The van der Waals surface area contributed by atoms with Gasteiger partial charge < -0.3 is 9.57 Å². The normalized spacial score (nSPS) is 12.7. The third-order valence-electron chi connectivity index (χ3n) is 3.66. The number of ether oxygens (including phenoxy) is 1. The molecule has 0 fully saturated rings. The van der Waals surface area contributed by atoms with Crippen molar-refractivity contribution in [2.24, 2.45) is 0 Å². The maximum absolute atomic E-state index is 12.4. The lowest BCUT2D eigenvalue weighted by atomic mass is 10.1. The molecule has 0 radical (unpaired) electrons. The molecule has 2 aromatic rings. The highest BCUT2D eigenvalue weighted by Crippen LogP contribution is 2.23. The number of rotatable bonds is 5. The Balaban J connectivity index is 1.81. The third kappa shape index (κ3) is 3.16. The van der Waals surface area contributed by atoms with Crippen LogP contribution in [0.3, 0.4) is 0 Å². The molecule has 0 atom stereocenters. The second-order valence-corrected chi connectivity index (χ2v) is 5.31. The maximum Gasteiger partial charge on any atom is 0.365 e. The van der Waals surface area contributed by atoms with E-state index in [4.69, 9.17) is 9.57 Å².